The Labute approximate surface area is 137 Å². The smallest absolute Gasteiger partial charge is 0.335 e. The van der Waals surface area contributed by atoms with Gasteiger partial charge in [-0.2, -0.15) is 0 Å². The highest BCUT2D eigenvalue weighted by Gasteiger charge is 2.08. The quantitative estimate of drug-likeness (QED) is 0.633. The largest absolute Gasteiger partial charge is 0.478 e. The van der Waals surface area contributed by atoms with Gasteiger partial charge in [0.1, 0.15) is 0 Å². The number of benzene rings is 2. The SMILES string of the molecule is O=C(O)c1ccc(C#Cc2ccc(C(=O)O)cc2CO)c(CO)c1. The molecule has 0 saturated carbocycles. The monoisotopic (exact) mass is 326 g/mol. The third kappa shape index (κ3) is 3.79. The molecule has 2 aromatic carbocycles. The Kier molecular flexibility index (Phi) is 5.32. The maximum atomic E-state index is 10.9. The number of aromatic carboxylic acids is 2. The van der Waals surface area contributed by atoms with Gasteiger partial charge in [-0.15, -0.1) is 0 Å². The number of aliphatic hydroxyl groups excluding tert-OH is 2. The van der Waals surface area contributed by atoms with Crippen LogP contribution in [0.2, 0.25) is 0 Å². The molecule has 0 aliphatic carbocycles. The standard InChI is InChI=1S/C18H14O6/c19-9-15-7-13(17(21)22)5-3-11(15)1-2-12-4-6-14(18(23)24)8-16(12)10-20/h3-8,19-20H,9-10H2,(H,21,22)(H,23,24). The molecule has 0 aliphatic heterocycles. The number of hydrogen-bond acceptors (Lipinski definition) is 4. The van der Waals surface area contributed by atoms with Crippen molar-refractivity contribution in [1.82, 2.24) is 0 Å². The Morgan fingerprint density at radius 3 is 1.42 bits per heavy atom. The van der Waals surface area contributed by atoms with Gasteiger partial charge in [0.2, 0.25) is 0 Å². The number of carbonyl (C=O) groups is 2. The molecule has 2 rings (SSSR count). The highest BCUT2D eigenvalue weighted by molar-refractivity contribution is 5.88. The summed E-state index contributed by atoms with van der Waals surface area (Å²) < 4.78 is 0. The van der Waals surface area contributed by atoms with Gasteiger partial charge in [-0.05, 0) is 47.5 Å². The predicted molar refractivity (Wildman–Crippen MR) is 84.6 cm³/mol. The number of rotatable bonds is 4. The van der Waals surface area contributed by atoms with Crippen molar-refractivity contribution >= 4 is 11.9 Å². The molecule has 0 radical (unpaired) electrons. The normalized spacial score (nSPS) is 9.92. The van der Waals surface area contributed by atoms with Crippen LogP contribution in [-0.4, -0.2) is 32.4 Å². The molecule has 0 aromatic heterocycles. The molecule has 0 saturated heterocycles. The molecule has 6 nitrogen and oxygen atoms in total. The van der Waals surface area contributed by atoms with Crippen LogP contribution in [0.1, 0.15) is 43.0 Å². The number of hydrogen-bond donors (Lipinski definition) is 4. The lowest BCUT2D eigenvalue weighted by molar-refractivity contribution is 0.0686. The lowest BCUT2D eigenvalue weighted by Crippen LogP contribution is -2.00. The summed E-state index contributed by atoms with van der Waals surface area (Å²) in [6.45, 7) is -0.730. The molecule has 4 N–H and O–H groups in total. The Morgan fingerprint density at radius 2 is 1.12 bits per heavy atom. The molecule has 0 aliphatic rings. The van der Waals surface area contributed by atoms with Crippen molar-refractivity contribution in [2.24, 2.45) is 0 Å². The van der Waals surface area contributed by atoms with Crippen molar-refractivity contribution < 1.29 is 30.0 Å². The predicted octanol–water partition coefficient (Wildman–Crippen LogP) is 1.47. The van der Waals surface area contributed by atoms with E-state index in [0.29, 0.717) is 22.3 Å². The van der Waals surface area contributed by atoms with Crippen LogP contribution in [0, 0.1) is 11.8 Å². The molecule has 0 heterocycles. The molecular weight excluding hydrogens is 312 g/mol. The molecule has 122 valence electrons. The fourth-order valence-corrected chi connectivity index (χ4v) is 2.09. The summed E-state index contributed by atoms with van der Waals surface area (Å²) in [5.74, 6) is 3.42. The van der Waals surface area contributed by atoms with Crippen molar-refractivity contribution in [3.8, 4) is 11.8 Å². The second-order valence-corrected chi connectivity index (χ2v) is 4.92. The molecule has 24 heavy (non-hydrogen) atoms. The average Bonchev–Trinajstić information content (AvgIpc) is 2.59. The first kappa shape index (κ1) is 17.2. The Balaban J connectivity index is 2.43. The van der Waals surface area contributed by atoms with E-state index in [9.17, 15) is 19.8 Å². The number of aliphatic hydroxyl groups is 2. The maximum Gasteiger partial charge on any atom is 0.335 e. The molecule has 0 spiro atoms. The van der Waals surface area contributed by atoms with Crippen molar-refractivity contribution in [2.75, 3.05) is 0 Å². The molecule has 0 unspecified atom stereocenters. The maximum absolute atomic E-state index is 10.9. The van der Waals surface area contributed by atoms with Gasteiger partial charge in [0.25, 0.3) is 0 Å². The van der Waals surface area contributed by atoms with E-state index in [0.717, 1.165) is 0 Å². The first-order valence-corrected chi connectivity index (χ1v) is 6.92. The zero-order valence-electron chi connectivity index (χ0n) is 12.5. The van der Waals surface area contributed by atoms with Crippen molar-refractivity contribution in [3.05, 3.63) is 69.8 Å². The third-order valence-electron chi connectivity index (χ3n) is 3.38. The van der Waals surface area contributed by atoms with E-state index in [1.165, 1.54) is 36.4 Å². The highest BCUT2D eigenvalue weighted by atomic mass is 16.4. The lowest BCUT2D eigenvalue weighted by Gasteiger charge is -2.04. The molecule has 6 heteroatoms. The van der Waals surface area contributed by atoms with Gasteiger partial charge in [-0.1, -0.05) is 11.8 Å². The van der Waals surface area contributed by atoms with Gasteiger partial charge in [0, 0.05) is 11.1 Å². The summed E-state index contributed by atoms with van der Waals surface area (Å²) in [7, 11) is 0. The number of carboxylic acid groups (broad SMARTS) is 2. The Hall–Kier alpha value is -3.14. The van der Waals surface area contributed by atoms with Crippen LogP contribution in [0.15, 0.2) is 36.4 Å². The van der Waals surface area contributed by atoms with Crippen LogP contribution in [0.4, 0.5) is 0 Å². The topological polar surface area (TPSA) is 115 Å². The van der Waals surface area contributed by atoms with E-state index in [1.54, 1.807) is 0 Å². The second kappa shape index (κ2) is 7.42. The molecule has 0 fully saturated rings. The molecule has 0 bridgehead atoms. The summed E-state index contributed by atoms with van der Waals surface area (Å²) in [5.41, 5.74) is 1.74. The van der Waals surface area contributed by atoms with Crippen molar-refractivity contribution in [3.63, 3.8) is 0 Å². The van der Waals surface area contributed by atoms with Gasteiger partial charge >= 0.3 is 11.9 Å². The minimum absolute atomic E-state index is 0.0476. The van der Waals surface area contributed by atoms with Gasteiger partial charge in [0.15, 0.2) is 0 Å². The first-order valence-electron chi connectivity index (χ1n) is 6.92. The first-order chi connectivity index (χ1) is 11.5. The fraction of sp³-hybridized carbons (Fsp3) is 0.111. The second-order valence-electron chi connectivity index (χ2n) is 4.92. The van der Waals surface area contributed by atoms with Crippen LogP contribution < -0.4 is 0 Å². The molecule has 0 amide bonds. The molecule has 2 aromatic rings. The van der Waals surface area contributed by atoms with Crippen LogP contribution in [0.25, 0.3) is 0 Å². The van der Waals surface area contributed by atoms with E-state index in [-0.39, 0.29) is 24.3 Å². The van der Waals surface area contributed by atoms with Crippen LogP contribution >= 0.6 is 0 Å². The zero-order valence-corrected chi connectivity index (χ0v) is 12.5. The fourth-order valence-electron chi connectivity index (χ4n) is 2.09. The van der Waals surface area contributed by atoms with E-state index >= 15 is 0 Å². The van der Waals surface area contributed by atoms with Crippen molar-refractivity contribution in [2.45, 2.75) is 13.2 Å². The van der Waals surface area contributed by atoms with Crippen LogP contribution in [0.5, 0.6) is 0 Å². The average molecular weight is 326 g/mol. The summed E-state index contributed by atoms with van der Waals surface area (Å²) in [4.78, 5) is 21.9. The van der Waals surface area contributed by atoms with E-state index < -0.39 is 11.9 Å². The van der Waals surface area contributed by atoms with Gasteiger partial charge in [0.05, 0.1) is 24.3 Å². The van der Waals surface area contributed by atoms with Crippen LogP contribution in [-0.2, 0) is 13.2 Å². The van der Waals surface area contributed by atoms with Gasteiger partial charge in [-0.25, -0.2) is 9.59 Å². The van der Waals surface area contributed by atoms with Crippen LogP contribution in [0.3, 0.4) is 0 Å². The summed E-state index contributed by atoms with van der Waals surface area (Å²) in [6, 6.07) is 8.43. The van der Waals surface area contributed by atoms with E-state index in [1.807, 2.05) is 0 Å². The third-order valence-corrected chi connectivity index (χ3v) is 3.38. The Bertz CT molecular complexity index is 788. The summed E-state index contributed by atoms with van der Waals surface area (Å²) >= 11 is 0. The molecular formula is C18H14O6. The highest BCUT2D eigenvalue weighted by Crippen LogP contribution is 2.14. The Morgan fingerprint density at radius 1 is 0.750 bits per heavy atom. The summed E-state index contributed by atoms with van der Waals surface area (Å²) in [5, 5.41) is 36.6. The lowest BCUT2D eigenvalue weighted by atomic mass is 10.0. The minimum atomic E-state index is -1.10. The zero-order chi connectivity index (χ0) is 17.7. The van der Waals surface area contributed by atoms with E-state index in [4.69, 9.17) is 10.2 Å². The van der Waals surface area contributed by atoms with Crippen molar-refractivity contribution in [1.29, 1.82) is 0 Å². The minimum Gasteiger partial charge on any atom is -0.478 e. The van der Waals surface area contributed by atoms with Gasteiger partial charge < -0.3 is 20.4 Å². The molecule has 0 atom stereocenters. The van der Waals surface area contributed by atoms with E-state index in [2.05, 4.69) is 11.8 Å². The van der Waals surface area contributed by atoms with Gasteiger partial charge in [-0.3, -0.25) is 0 Å². The summed E-state index contributed by atoms with van der Waals surface area (Å²) in [6.07, 6.45) is 0. The number of carboxylic acids is 2.